The van der Waals surface area contributed by atoms with Crippen molar-refractivity contribution in [3.05, 3.63) is 78.6 Å². The van der Waals surface area contributed by atoms with Crippen molar-refractivity contribution in [1.29, 1.82) is 0 Å². The Labute approximate surface area is 343 Å². The topological polar surface area (TPSA) is 207 Å². The molecule has 2 saturated carbocycles. The smallest absolute Gasteiger partial charge is 0.272 e. The molecular formula is C41H43N9O7S2. The van der Waals surface area contributed by atoms with E-state index >= 15 is 0 Å². The fourth-order valence-corrected chi connectivity index (χ4v) is 10.3. The van der Waals surface area contributed by atoms with Gasteiger partial charge in [-0.05, 0) is 68.9 Å². The lowest BCUT2D eigenvalue weighted by molar-refractivity contribution is -0.141. The Hall–Kier alpha value is -5.75. The van der Waals surface area contributed by atoms with Gasteiger partial charge in [0.05, 0.1) is 33.0 Å². The van der Waals surface area contributed by atoms with Crippen LogP contribution >= 0.6 is 11.3 Å². The third kappa shape index (κ3) is 7.90. The van der Waals surface area contributed by atoms with E-state index in [0.717, 1.165) is 23.1 Å². The minimum Gasteiger partial charge on any atom is -0.471 e. The van der Waals surface area contributed by atoms with Crippen LogP contribution in [0.1, 0.15) is 68.3 Å². The summed E-state index contributed by atoms with van der Waals surface area (Å²) in [5.41, 5.74) is 1.02. The molecule has 4 amide bonds. The number of nitrogens with one attached hydrogen (secondary N) is 3. The molecule has 2 aliphatic carbocycles. The average Bonchev–Trinajstić information content (AvgIpc) is 4.04. The van der Waals surface area contributed by atoms with Gasteiger partial charge in [-0.15, -0.1) is 11.3 Å². The number of thiazole rings is 1. The number of nitrogens with zero attached hydrogens (tertiary/aromatic N) is 6. The standard InChI is InChI=1S/C41H43N9O7S2/c1-49-20-19-30(47-49)35(51)43-31-15-6-4-2-3-5-11-24-22-41(24,40(54)48-59(55,56)26-17-18-26)46-36(52)32-21-25(23-50(32)39(31)53)57-37-34(42-27-12-7-8-13-28(27)44-37)38-45-29-14-9-10-16-33(29)58-38/h5,7-14,16,19-20,24-26,31-32H,2-4,6,15,17-18,21-23H2,1H3,(H,43,51)(H,46,52)(H,48,54)/b11-5-/t24?,25-,31?,32+,41-/m1/s1. The van der Waals surface area contributed by atoms with Crippen LogP contribution in [0.5, 0.6) is 5.88 Å². The average molecular weight is 838 g/mol. The summed E-state index contributed by atoms with van der Waals surface area (Å²) in [6.07, 6.45) is 8.95. The highest BCUT2D eigenvalue weighted by Gasteiger charge is 2.62. The normalized spacial score (nSPS) is 25.6. The number of aromatic nitrogens is 5. The van der Waals surface area contributed by atoms with Gasteiger partial charge in [-0.2, -0.15) is 5.10 Å². The molecule has 0 spiro atoms. The Kier molecular flexibility index (Phi) is 10.1. The number of para-hydroxylation sites is 3. The van der Waals surface area contributed by atoms with Crippen molar-refractivity contribution in [2.45, 2.75) is 86.8 Å². The first kappa shape index (κ1) is 38.8. The van der Waals surface area contributed by atoms with E-state index in [0.29, 0.717) is 53.8 Å². The van der Waals surface area contributed by atoms with Gasteiger partial charge in [-0.3, -0.25) is 28.6 Å². The number of hydrogen-bond donors (Lipinski definition) is 3. The maximum Gasteiger partial charge on any atom is 0.272 e. The number of sulfonamides is 1. The number of amides is 4. The van der Waals surface area contributed by atoms with Crippen molar-refractivity contribution in [1.82, 2.24) is 45.0 Å². The van der Waals surface area contributed by atoms with Crippen LogP contribution in [0.3, 0.4) is 0 Å². The number of carbonyl (C=O) groups is 4. The molecule has 3 fully saturated rings. The summed E-state index contributed by atoms with van der Waals surface area (Å²) < 4.78 is 37.2. The van der Waals surface area contributed by atoms with E-state index in [1.807, 2.05) is 60.7 Å². The lowest BCUT2D eigenvalue weighted by Gasteiger charge is -2.29. The van der Waals surface area contributed by atoms with Crippen LogP contribution in [0.2, 0.25) is 0 Å². The summed E-state index contributed by atoms with van der Waals surface area (Å²) >= 11 is 1.44. The number of hydrogen-bond acceptors (Lipinski definition) is 12. The Morgan fingerprint density at radius 3 is 2.46 bits per heavy atom. The van der Waals surface area contributed by atoms with Crippen LogP contribution in [0.15, 0.2) is 72.9 Å². The molecule has 2 aliphatic heterocycles. The van der Waals surface area contributed by atoms with Crippen molar-refractivity contribution in [3.8, 4) is 16.6 Å². The highest BCUT2D eigenvalue weighted by molar-refractivity contribution is 7.91. The van der Waals surface area contributed by atoms with E-state index in [9.17, 15) is 27.6 Å². The quantitative estimate of drug-likeness (QED) is 0.192. The molecule has 2 unspecified atom stereocenters. The van der Waals surface area contributed by atoms with Crippen molar-refractivity contribution >= 4 is 66.2 Å². The second-order valence-corrected chi connectivity index (χ2v) is 18.7. The van der Waals surface area contributed by atoms with Crippen LogP contribution in [0, 0.1) is 5.92 Å². The molecular weight excluding hydrogens is 795 g/mol. The predicted octanol–water partition coefficient (Wildman–Crippen LogP) is 3.79. The Bertz CT molecular complexity index is 2590. The molecule has 59 heavy (non-hydrogen) atoms. The zero-order valence-corrected chi connectivity index (χ0v) is 33.9. The highest BCUT2D eigenvalue weighted by Crippen LogP contribution is 2.46. The lowest BCUT2D eigenvalue weighted by atomic mass is 10.0. The maximum absolute atomic E-state index is 14.8. The summed E-state index contributed by atoms with van der Waals surface area (Å²) in [5, 5.41) is 9.94. The minimum atomic E-state index is -3.92. The molecule has 5 heterocycles. The Balaban J connectivity index is 1.06. The molecule has 4 aliphatic rings. The van der Waals surface area contributed by atoms with Gasteiger partial charge in [-0.1, -0.05) is 49.3 Å². The molecule has 1 saturated heterocycles. The van der Waals surface area contributed by atoms with Crippen LogP contribution in [0.4, 0.5) is 0 Å². The van der Waals surface area contributed by atoms with E-state index in [1.165, 1.54) is 20.9 Å². The molecule has 0 bridgehead atoms. The zero-order valence-electron chi connectivity index (χ0n) is 32.2. The van der Waals surface area contributed by atoms with E-state index in [1.54, 1.807) is 19.3 Å². The summed E-state index contributed by atoms with van der Waals surface area (Å²) in [5.74, 6) is -2.73. The molecule has 3 N–H and O–H groups in total. The lowest BCUT2D eigenvalue weighted by Crippen LogP contribution is -2.58. The summed E-state index contributed by atoms with van der Waals surface area (Å²) in [4.78, 5) is 72.6. The van der Waals surface area contributed by atoms with Gasteiger partial charge in [0.15, 0.2) is 5.69 Å². The first-order valence-electron chi connectivity index (χ1n) is 19.9. The Morgan fingerprint density at radius 1 is 0.949 bits per heavy atom. The van der Waals surface area contributed by atoms with E-state index in [2.05, 4.69) is 20.5 Å². The molecule has 16 nitrogen and oxygen atoms in total. The van der Waals surface area contributed by atoms with Crippen molar-refractivity contribution in [2.24, 2.45) is 13.0 Å². The zero-order chi connectivity index (χ0) is 40.9. The van der Waals surface area contributed by atoms with Crippen LogP contribution in [-0.4, -0.2) is 97.2 Å². The molecule has 3 aromatic heterocycles. The minimum absolute atomic E-state index is 0.00481. The largest absolute Gasteiger partial charge is 0.471 e. The van der Waals surface area contributed by atoms with Gasteiger partial charge in [-0.25, -0.2) is 23.4 Å². The van der Waals surface area contributed by atoms with Crippen LogP contribution in [-0.2, 0) is 31.5 Å². The molecule has 18 heteroatoms. The van der Waals surface area contributed by atoms with Crippen LogP contribution < -0.4 is 20.1 Å². The summed E-state index contributed by atoms with van der Waals surface area (Å²) in [6.45, 7) is -0.0563. The summed E-state index contributed by atoms with van der Waals surface area (Å²) in [6, 6.07) is 14.5. The van der Waals surface area contributed by atoms with Gasteiger partial charge < -0.3 is 20.3 Å². The molecule has 5 atom stereocenters. The third-order valence-electron chi connectivity index (χ3n) is 11.4. The fraction of sp³-hybridized carbons (Fsp3) is 0.415. The van der Waals surface area contributed by atoms with E-state index in [4.69, 9.17) is 19.7 Å². The van der Waals surface area contributed by atoms with Gasteiger partial charge in [0.25, 0.3) is 11.8 Å². The number of aryl methyl sites for hydroxylation is 1. The molecule has 9 rings (SSSR count). The number of ether oxygens (including phenoxy) is 1. The fourth-order valence-electron chi connectivity index (χ4n) is 7.95. The summed E-state index contributed by atoms with van der Waals surface area (Å²) in [7, 11) is -2.23. The number of allylic oxidation sites excluding steroid dienone is 1. The Morgan fingerprint density at radius 2 is 1.71 bits per heavy atom. The molecule has 0 radical (unpaired) electrons. The molecule has 2 aromatic carbocycles. The number of rotatable bonds is 8. The van der Waals surface area contributed by atoms with Gasteiger partial charge in [0.2, 0.25) is 27.7 Å². The van der Waals surface area contributed by atoms with Gasteiger partial charge >= 0.3 is 0 Å². The van der Waals surface area contributed by atoms with Crippen molar-refractivity contribution < 1.29 is 32.3 Å². The number of benzene rings is 2. The molecule has 306 valence electrons. The van der Waals surface area contributed by atoms with Crippen molar-refractivity contribution in [3.63, 3.8) is 0 Å². The molecule has 5 aromatic rings. The maximum atomic E-state index is 14.8. The third-order valence-corrected chi connectivity index (χ3v) is 14.3. The predicted molar refractivity (Wildman–Crippen MR) is 218 cm³/mol. The highest BCUT2D eigenvalue weighted by atomic mass is 32.2. The van der Waals surface area contributed by atoms with E-state index < -0.39 is 68.5 Å². The van der Waals surface area contributed by atoms with Gasteiger partial charge in [0.1, 0.15) is 34.4 Å². The second-order valence-electron chi connectivity index (χ2n) is 15.7. The van der Waals surface area contributed by atoms with Crippen molar-refractivity contribution in [2.75, 3.05) is 6.54 Å². The first-order chi connectivity index (χ1) is 28.5. The first-order valence-corrected chi connectivity index (χ1v) is 22.3. The van der Waals surface area contributed by atoms with E-state index in [-0.39, 0.29) is 31.0 Å². The number of fused-ring (bicyclic) bond motifs is 4. The second kappa shape index (κ2) is 15.4. The monoisotopic (exact) mass is 837 g/mol. The SMILES string of the molecule is Cn1ccc(C(=O)NC2CCCCC/C=C\C3C[C@@]3(C(=O)NS(=O)(=O)C3CC3)NC(=O)[C@@H]3C[C@@H](Oc4nc5ccccc5nc4-c4nc5ccccc5s4)CN3C2=O)n1. The number of carbonyl (C=O) groups excluding carboxylic acids is 4. The van der Waals surface area contributed by atoms with Gasteiger partial charge in [0, 0.05) is 25.6 Å². The van der Waals surface area contributed by atoms with Crippen LogP contribution in [0.25, 0.3) is 32.0 Å².